The molecule has 1 aromatic heterocycles. The molecule has 1 atom stereocenters. The Morgan fingerprint density at radius 2 is 2.05 bits per heavy atom. The molecular formula is C13H16N2O3S. The summed E-state index contributed by atoms with van der Waals surface area (Å²) in [6.07, 6.45) is 1.51. The monoisotopic (exact) mass is 280 g/mol. The van der Waals surface area contributed by atoms with Crippen molar-refractivity contribution in [2.24, 2.45) is 0 Å². The van der Waals surface area contributed by atoms with E-state index in [1.807, 2.05) is 0 Å². The number of furan rings is 1. The molecule has 3 N–H and O–H groups in total. The van der Waals surface area contributed by atoms with Gasteiger partial charge in [0.2, 0.25) is 10.0 Å². The van der Waals surface area contributed by atoms with Crippen LogP contribution in [0.4, 0.5) is 5.69 Å². The fraction of sp³-hybridized carbons (Fsp3) is 0.231. The van der Waals surface area contributed by atoms with Crippen LogP contribution in [0.1, 0.15) is 24.3 Å². The van der Waals surface area contributed by atoms with E-state index in [-0.39, 0.29) is 4.90 Å². The van der Waals surface area contributed by atoms with Crippen molar-refractivity contribution in [3.8, 4) is 0 Å². The van der Waals surface area contributed by atoms with Crippen molar-refractivity contribution >= 4 is 15.7 Å². The van der Waals surface area contributed by atoms with Crippen LogP contribution in [0.15, 0.2) is 45.9 Å². The van der Waals surface area contributed by atoms with Crippen LogP contribution in [0.5, 0.6) is 0 Å². The third kappa shape index (κ3) is 2.97. The second-order valence-electron chi connectivity index (χ2n) is 4.38. The van der Waals surface area contributed by atoms with E-state index in [0.717, 1.165) is 0 Å². The highest BCUT2D eigenvalue weighted by Crippen LogP contribution is 2.21. The van der Waals surface area contributed by atoms with Gasteiger partial charge in [0, 0.05) is 5.69 Å². The molecular weight excluding hydrogens is 264 g/mol. The first-order chi connectivity index (χ1) is 8.90. The van der Waals surface area contributed by atoms with E-state index in [4.69, 9.17) is 10.2 Å². The lowest BCUT2D eigenvalue weighted by atomic mass is 10.2. The average molecular weight is 280 g/mol. The van der Waals surface area contributed by atoms with Gasteiger partial charge < -0.3 is 10.2 Å². The second-order valence-corrected chi connectivity index (χ2v) is 6.07. The topological polar surface area (TPSA) is 85.3 Å². The van der Waals surface area contributed by atoms with Gasteiger partial charge in [-0.2, -0.15) is 0 Å². The molecule has 19 heavy (non-hydrogen) atoms. The average Bonchev–Trinajstić information content (AvgIpc) is 2.85. The van der Waals surface area contributed by atoms with Gasteiger partial charge in [0.25, 0.3) is 0 Å². The zero-order valence-electron chi connectivity index (χ0n) is 10.8. The standard InChI is InChI=1S/C13H16N2O3S/c1-9-5-6-11(14)8-13(9)19(16,17)15-10(2)12-4-3-7-18-12/h3-8,10,15H,14H2,1-2H3. The normalized spacial score (nSPS) is 13.4. The van der Waals surface area contributed by atoms with E-state index in [9.17, 15) is 8.42 Å². The number of nitrogens with two attached hydrogens (primary N) is 1. The summed E-state index contributed by atoms with van der Waals surface area (Å²) in [6, 6.07) is 7.80. The fourth-order valence-electron chi connectivity index (χ4n) is 1.80. The minimum absolute atomic E-state index is 0.186. The van der Waals surface area contributed by atoms with Crippen LogP contribution in [0, 0.1) is 6.92 Å². The molecule has 0 aliphatic carbocycles. The number of nitrogen functional groups attached to an aromatic ring is 1. The molecule has 102 valence electrons. The summed E-state index contributed by atoms with van der Waals surface area (Å²) in [5, 5.41) is 0. The molecule has 0 bridgehead atoms. The summed E-state index contributed by atoms with van der Waals surface area (Å²) >= 11 is 0. The molecule has 0 amide bonds. The zero-order chi connectivity index (χ0) is 14.0. The summed E-state index contributed by atoms with van der Waals surface area (Å²) in [7, 11) is -3.63. The number of anilines is 1. The largest absolute Gasteiger partial charge is 0.468 e. The zero-order valence-corrected chi connectivity index (χ0v) is 11.6. The van der Waals surface area contributed by atoms with Gasteiger partial charge in [0.15, 0.2) is 0 Å². The molecule has 2 rings (SSSR count). The smallest absolute Gasteiger partial charge is 0.241 e. The maximum absolute atomic E-state index is 12.3. The summed E-state index contributed by atoms with van der Waals surface area (Å²) in [5.74, 6) is 0.560. The van der Waals surface area contributed by atoms with Crippen LogP contribution >= 0.6 is 0 Å². The quantitative estimate of drug-likeness (QED) is 0.841. The molecule has 0 spiro atoms. The van der Waals surface area contributed by atoms with Gasteiger partial charge in [-0.3, -0.25) is 0 Å². The SMILES string of the molecule is Cc1ccc(N)cc1S(=O)(=O)NC(C)c1ccco1. The predicted molar refractivity (Wildman–Crippen MR) is 73.0 cm³/mol. The van der Waals surface area contributed by atoms with Crippen molar-refractivity contribution in [3.05, 3.63) is 47.9 Å². The van der Waals surface area contributed by atoms with Crippen LogP contribution < -0.4 is 10.5 Å². The van der Waals surface area contributed by atoms with Crippen molar-refractivity contribution in [1.29, 1.82) is 0 Å². The van der Waals surface area contributed by atoms with Gasteiger partial charge in [0.1, 0.15) is 5.76 Å². The van der Waals surface area contributed by atoms with E-state index in [0.29, 0.717) is 17.0 Å². The maximum atomic E-state index is 12.3. The fourth-order valence-corrected chi connectivity index (χ4v) is 3.29. The maximum Gasteiger partial charge on any atom is 0.241 e. The number of hydrogen-bond acceptors (Lipinski definition) is 4. The van der Waals surface area contributed by atoms with Gasteiger partial charge >= 0.3 is 0 Å². The molecule has 0 aliphatic rings. The van der Waals surface area contributed by atoms with E-state index >= 15 is 0 Å². The van der Waals surface area contributed by atoms with Crippen molar-refractivity contribution in [3.63, 3.8) is 0 Å². The van der Waals surface area contributed by atoms with Gasteiger partial charge in [-0.1, -0.05) is 6.07 Å². The van der Waals surface area contributed by atoms with Crippen LogP contribution in [0.2, 0.25) is 0 Å². The second kappa shape index (κ2) is 5.07. The summed E-state index contributed by atoms with van der Waals surface area (Å²) in [4.78, 5) is 0.186. The first-order valence-electron chi connectivity index (χ1n) is 5.82. The minimum atomic E-state index is -3.63. The predicted octanol–water partition coefficient (Wildman–Crippen LogP) is 2.21. The van der Waals surface area contributed by atoms with E-state index in [1.54, 1.807) is 38.1 Å². The van der Waals surface area contributed by atoms with Crippen molar-refractivity contribution in [1.82, 2.24) is 4.72 Å². The Bertz CT molecular complexity index is 663. The molecule has 0 saturated carbocycles. The number of hydrogen-bond donors (Lipinski definition) is 2. The molecule has 2 aromatic rings. The Labute approximate surface area is 112 Å². The Kier molecular flexibility index (Phi) is 3.64. The molecule has 1 aromatic carbocycles. The van der Waals surface area contributed by atoms with Crippen LogP contribution in [0.25, 0.3) is 0 Å². The van der Waals surface area contributed by atoms with Crippen LogP contribution in [-0.2, 0) is 10.0 Å². The first-order valence-corrected chi connectivity index (χ1v) is 7.30. The highest BCUT2D eigenvalue weighted by Gasteiger charge is 2.21. The molecule has 1 heterocycles. The minimum Gasteiger partial charge on any atom is -0.468 e. The summed E-state index contributed by atoms with van der Waals surface area (Å²) in [6.45, 7) is 3.45. The lowest BCUT2D eigenvalue weighted by Gasteiger charge is -2.14. The van der Waals surface area contributed by atoms with Crippen molar-refractivity contribution in [2.45, 2.75) is 24.8 Å². The molecule has 5 nitrogen and oxygen atoms in total. The number of rotatable bonds is 4. The molecule has 0 fully saturated rings. The summed E-state index contributed by atoms with van der Waals surface area (Å²) in [5.41, 5.74) is 6.70. The number of sulfonamides is 1. The molecule has 0 saturated heterocycles. The Hall–Kier alpha value is -1.79. The van der Waals surface area contributed by atoms with Crippen molar-refractivity contribution in [2.75, 3.05) is 5.73 Å². The first kappa shape index (κ1) is 13.6. The van der Waals surface area contributed by atoms with Crippen molar-refractivity contribution < 1.29 is 12.8 Å². The Balaban J connectivity index is 2.30. The summed E-state index contributed by atoms with van der Waals surface area (Å²) < 4.78 is 32.4. The lowest BCUT2D eigenvalue weighted by Crippen LogP contribution is -2.27. The van der Waals surface area contributed by atoms with E-state index in [1.165, 1.54) is 12.3 Å². The highest BCUT2D eigenvalue weighted by atomic mass is 32.2. The van der Waals surface area contributed by atoms with Crippen LogP contribution in [0.3, 0.4) is 0 Å². The molecule has 0 aliphatic heterocycles. The molecule has 0 radical (unpaired) electrons. The number of benzene rings is 1. The van der Waals surface area contributed by atoms with E-state index < -0.39 is 16.1 Å². The number of aryl methyl sites for hydroxylation is 1. The Morgan fingerprint density at radius 1 is 1.32 bits per heavy atom. The third-order valence-corrected chi connectivity index (χ3v) is 4.49. The van der Waals surface area contributed by atoms with Gasteiger partial charge in [-0.25, -0.2) is 13.1 Å². The Morgan fingerprint density at radius 3 is 2.68 bits per heavy atom. The van der Waals surface area contributed by atoms with Gasteiger partial charge in [-0.15, -0.1) is 0 Å². The third-order valence-electron chi connectivity index (χ3n) is 2.80. The highest BCUT2D eigenvalue weighted by molar-refractivity contribution is 7.89. The number of nitrogens with one attached hydrogen (secondary N) is 1. The van der Waals surface area contributed by atoms with Gasteiger partial charge in [0.05, 0.1) is 17.2 Å². The van der Waals surface area contributed by atoms with Gasteiger partial charge in [-0.05, 0) is 43.7 Å². The van der Waals surface area contributed by atoms with Crippen LogP contribution in [-0.4, -0.2) is 8.42 Å². The lowest BCUT2D eigenvalue weighted by molar-refractivity contribution is 0.459. The molecule has 1 unspecified atom stereocenters. The van der Waals surface area contributed by atoms with E-state index in [2.05, 4.69) is 4.72 Å². The molecule has 6 heteroatoms.